The van der Waals surface area contributed by atoms with Crippen LogP contribution in [-0.4, -0.2) is 5.91 Å². The molecule has 0 atom stereocenters. The van der Waals surface area contributed by atoms with E-state index in [1.54, 1.807) is 0 Å². The molecule has 3 nitrogen and oxygen atoms in total. The van der Waals surface area contributed by atoms with Gasteiger partial charge in [-0.2, -0.15) is 0 Å². The van der Waals surface area contributed by atoms with Crippen molar-refractivity contribution in [2.45, 2.75) is 0 Å². The van der Waals surface area contributed by atoms with Gasteiger partial charge in [0.15, 0.2) is 0 Å². The number of nitrogens with two attached hydrogens (primary N) is 1. The van der Waals surface area contributed by atoms with Gasteiger partial charge >= 0.3 is 0 Å². The van der Waals surface area contributed by atoms with E-state index >= 15 is 0 Å². The summed E-state index contributed by atoms with van der Waals surface area (Å²) in [5, 5.41) is 2.39. The molecule has 19 heavy (non-hydrogen) atoms. The maximum absolute atomic E-state index is 13.5. The van der Waals surface area contributed by atoms with E-state index in [1.807, 2.05) is 0 Å². The van der Waals surface area contributed by atoms with E-state index in [9.17, 15) is 13.6 Å². The number of halogens is 3. The van der Waals surface area contributed by atoms with Crippen LogP contribution in [0, 0.1) is 11.6 Å². The molecule has 2 rings (SSSR count). The zero-order valence-electron chi connectivity index (χ0n) is 9.58. The molecule has 0 aliphatic carbocycles. The average molecular weight is 283 g/mol. The zero-order chi connectivity index (χ0) is 14.0. The summed E-state index contributed by atoms with van der Waals surface area (Å²) < 4.78 is 26.5. The average Bonchev–Trinajstić information content (AvgIpc) is 2.37. The Bertz CT molecular complexity index is 626. The number of rotatable bonds is 2. The third-order valence-corrected chi connectivity index (χ3v) is 2.77. The van der Waals surface area contributed by atoms with Crippen LogP contribution in [0.15, 0.2) is 36.4 Å². The first-order valence-corrected chi connectivity index (χ1v) is 5.67. The van der Waals surface area contributed by atoms with E-state index < -0.39 is 17.5 Å². The molecule has 0 spiro atoms. The molecular formula is C13H9ClF2N2O. The number of para-hydroxylation sites is 1. The predicted molar refractivity (Wildman–Crippen MR) is 70.2 cm³/mol. The minimum atomic E-state index is -0.657. The smallest absolute Gasteiger partial charge is 0.255 e. The highest BCUT2D eigenvalue weighted by Crippen LogP contribution is 2.25. The summed E-state index contributed by atoms with van der Waals surface area (Å²) >= 11 is 5.78. The lowest BCUT2D eigenvalue weighted by Gasteiger charge is -2.08. The molecule has 0 radical (unpaired) electrons. The third-order valence-electron chi connectivity index (χ3n) is 2.46. The summed E-state index contributed by atoms with van der Waals surface area (Å²) in [6.07, 6.45) is 0. The minimum Gasteiger partial charge on any atom is -0.396 e. The molecule has 0 heterocycles. The molecule has 0 saturated carbocycles. The van der Waals surface area contributed by atoms with Crippen molar-refractivity contribution in [1.29, 1.82) is 0 Å². The van der Waals surface area contributed by atoms with Crippen LogP contribution in [0.3, 0.4) is 0 Å². The van der Waals surface area contributed by atoms with E-state index in [4.69, 9.17) is 17.3 Å². The van der Waals surface area contributed by atoms with Gasteiger partial charge in [-0.05, 0) is 30.3 Å². The van der Waals surface area contributed by atoms with Crippen molar-refractivity contribution >= 4 is 28.9 Å². The van der Waals surface area contributed by atoms with Gasteiger partial charge in [0.05, 0.1) is 16.4 Å². The van der Waals surface area contributed by atoms with Gasteiger partial charge in [-0.3, -0.25) is 4.79 Å². The van der Waals surface area contributed by atoms with Crippen molar-refractivity contribution in [2.75, 3.05) is 11.1 Å². The Balaban J connectivity index is 2.28. The highest BCUT2D eigenvalue weighted by Gasteiger charge is 2.13. The molecule has 0 aliphatic heterocycles. The van der Waals surface area contributed by atoms with Crippen molar-refractivity contribution in [3.8, 4) is 0 Å². The topological polar surface area (TPSA) is 55.1 Å². The molecule has 0 saturated heterocycles. The zero-order valence-corrected chi connectivity index (χ0v) is 10.3. The van der Waals surface area contributed by atoms with Gasteiger partial charge in [0.25, 0.3) is 5.91 Å². The fourth-order valence-corrected chi connectivity index (χ4v) is 1.70. The second-order valence-electron chi connectivity index (χ2n) is 3.79. The number of nitrogen functional groups attached to an aromatic ring is 1. The first kappa shape index (κ1) is 13.3. The molecule has 98 valence electrons. The van der Waals surface area contributed by atoms with E-state index in [-0.39, 0.29) is 22.0 Å². The first-order chi connectivity index (χ1) is 8.99. The summed E-state index contributed by atoms with van der Waals surface area (Å²) in [7, 11) is 0. The Hall–Kier alpha value is -2.14. The molecule has 2 aromatic carbocycles. The second kappa shape index (κ2) is 5.24. The Morgan fingerprint density at radius 2 is 1.89 bits per heavy atom. The Kier molecular flexibility index (Phi) is 3.66. The summed E-state index contributed by atoms with van der Waals surface area (Å²) in [6, 6.07) is 7.51. The van der Waals surface area contributed by atoms with Crippen molar-refractivity contribution in [3.05, 3.63) is 58.6 Å². The molecule has 0 aromatic heterocycles. The lowest BCUT2D eigenvalue weighted by Crippen LogP contribution is -2.14. The molecule has 6 heteroatoms. The van der Waals surface area contributed by atoms with Crippen molar-refractivity contribution in [3.63, 3.8) is 0 Å². The highest BCUT2D eigenvalue weighted by molar-refractivity contribution is 6.34. The number of nitrogens with one attached hydrogen (secondary N) is 1. The quantitative estimate of drug-likeness (QED) is 0.829. The number of carbonyl (C=O) groups excluding carboxylic acids is 1. The van der Waals surface area contributed by atoms with Crippen LogP contribution in [0.25, 0.3) is 0 Å². The van der Waals surface area contributed by atoms with E-state index in [0.717, 1.165) is 6.07 Å². The predicted octanol–water partition coefficient (Wildman–Crippen LogP) is 3.45. The Morgan fingerprint density at radius 1 is 1.16 bits per heavy atom. The van der Waals surface area contributed by atoms with Gasteiger partial charge in [0.1, 0.15) is 11.6 Å². The van der Waals surface area contributed by atoms with E-state index in [1.165, 1.54) is 30.3 Å². The van der Waals surface area contributed by atoms with Gasteiger partial charge in [-0.15, -0.1) is 0 Å². The van der Waals surface area contributed by atoms with Crippen LogP contribution in [0.5, 0.6) is 0 Å². The Labute approximate surface area is 113 Å². The normalized spacial score (nSPS) is 10.3. The largest absolute Gasteiger partial charge is 0.396 e. The fourth-order valence-electron chi connectivity index (χ4n) is 1.49. The molecule has 0 bridgehead atoms. The van der Waals surface area contributed by atoms with E-state index in [2.05, 4.69) is 5.32 Å². The minimum absolute atomic E-state index is 0.0726. The van der Waals surface area contributed by atoms with Crippen LogP contribution in [-0.2, 0) is 0 Å². The first-order valence-electron chi connectivity index (χ1n) is 5.29. The number of anilines is 2. The molecule has 0 fully saturated rings. The number of carbonyl (C=O) groups is 1. The van der Waals surface area contributed by atoms with Gasteiger partial charge in [0.2, 0.25) is 0 Å². The summed E-state index contributed by atoms with van der Waals surface area (Å²) in [4.78, 5) is 11.9. The number of benzene rings is 2. The Morgan fingerprint density at radius 3 is 2.53 bits per heavy atom. The number of hydrogen-bond donors (Lipinski definition) is 2. The number of hydrogen-bond acceptors (Lipinski definition) is 2. The van der Waals surface area contributed by atoms with Crippen molar-refractivity contribution < 1.29 is 13.6 Å². The molecule has 0 unspecified atom stereocenters. The van der Waals surface area contributed by atoms with Crippen LogP contribution < -0.4 is 11.1 Å². The molecule has 0 aliphatic rings. The highest BCUT2D eigenvalue weighted by atomic mass is 35.5. The second-order valence-corrected chi connectivity index (χ2v) is 4.19. The van der Waals surface area contributed by atoms with Gasteiger partial charge in [-0.25, -0.2) is 8.78 Å². The number of amides is 1. The van der Waals surface area contributed by atoms with Gasteiger partial charge in [-0.1, -0.05) is 17.7 Å². The molecular weight excluding hydrogens is 274 g/mol. The van der Waals surface area contributed by atoms with Crippen LogP contribution in [0.2, 0.25) is 5.02 Å². The lowest BCUT2D eigenvalue weighted by molar-refractivity contribution is 0.102. The molecule has 1 amide bonds. The third kappa shape index (κ3) is 2.82. The summed E-state index contributed by atoms with van der Waals surface area (Å²) in [5.41, 5.74) is 5.18. The van der Waals surface area contributed by atoms with Crippen LogP contribution >= 0.6 is 11.6 Å². The van der Waals surface area contributed by atoms with Crippen LogP contribution in [0.4, 0.5) is 20.2 Å². The maximum Gasteiger partial charge on any atom is 0.255 e. The summed E-state index contributed by atoms with van der Waals surface area (Å²) in [5.74, 6) is -1.91. The lowest BCUT2D eigenvalue weighted by atomic mass is 10.1. The van der Waals surface area contributed by atoms with E-state index in [0.29, 0.717) is 0 Å². The van der Waals surface area contributed by atoms with Gasteiger partial charge < -0.3 is 11.1 Å². The standard InChI is InChI=1S/C13H9ClF2N2O/c14-8-2-1-3-10(16)12(8)18-13(19)7-4-5-9(15)11(17)6-7/h1-6H,17H2,(H,18,19). The summed E-state index contributed by atoms with van der Waals surface area (Å²) in [6.45, 7) is 0. The molecule has 2 aromatic rings. The SMILES string of the molecule is Nc1cc(C(=O)Nc2c(F)cccc2Cl)ccc1F. The van der Waals surface area contributed by atoms with Crippen LogP contribution in [0.1, 0.15) is 10.4 Å². The maximum atomic E-state index is 13.5. The van der Waals surface area contributed by atoms with Gasteiger partial charge in [0, 0.05) is 5.56 Å². The van der Waals surface area contributed by atoms with Crippen molar-refractivity contribution in [1.82, 2.24) is 0 Å². The fraction of sp³-hybridized carbons (Fsp3) is 0. The molecule has 3 N–H and O–H groups in total. The van der Waals surface area contributed by atoms with Crippen molar-refractivity contribution in [2.24, 2.45) is 0 Å². The monoisotopic (exact) mass is 282 g/mol.